The molecule has 0 aliphatic carbocycles. The summed E-state index contributed by atoms with van der Waals surface area (Å²) < 4.78 is 4.77. The fourth-order valence-electron chi connectivity index (χ4n) is 2.37. The molecule has 6 heteroatoms. The Kier molecular flexibility index (Phi) is 3.99. The Balaban J connectivity index is 2.22. The summed E-state index contributed by atoms with van der Waals surface area (Å²) in [7, 11) is 1.39. The van der Waals surface area contributed by atoms with E-state index in [0.29, 0.717) is 17.9 Å². The molecule has 0 spiro atoms. The predicted molar refractivity (Wildman–Crippen MR) is 69.7 cm³/mol. The number of methoxy groups -OCH3 is 1. The van der Waals surface area contributed by atoms with E-state index < -0.39 is 5.91 Å². The summed E-state index contributed by atoms with van der Waals surface area (Å²) in [4.78, 5) is 29.1. The van der Waals surface area contributed by atoms with Crippen molar-refractivity contribution in [2.24, 2.45) is 11.7 Å². The largest absolute Gasteiger partial charge is 0.469 e. The molecule has 1 aromatic rings. The molecule has 2 N–H and O–H groups in total. The number of nitrogens with zero attached hydrogens (tertiary/aromatic N) is 2. The number of pyridine rings is 1. The summed E-state index contributed by atoms with van der Waals surface area (Å²) in [5.74, 6) is -0.366. The van der Waals surface area contributed by atoms with Crippen molar-refractivity contribution in [2.75, 3.05) is 25.1 Å². The van der Waals surface area contributed by atoms with Crippen LogP contribution in [0.1, 0.15) is 23.2 Å². The molecule has 1 fully saturated rings. The molecule has 102 valence electrons. The Bertz CT molecular complexity index is 490. The molecule has 0 radical (unpaired) electrons. The first kappa shape index (κ1) is 13.3. The average Bonchev–Trinajstić information content (AvgIpc) is 2.46. The first-order valence-corrected chi connectivity index (χ1v) is 6.21. The molecule has 1 aliphatic rings. The van der Waals surface area contributed by atoms with Gasteiger partial charge < -0.3 is 15.4 Å². The number of anilines is 1. The number of amides is 1. The van der Waals surface area contributed by atoms with E-state index in [-0.39, 0.29) is 11.9 Å². The molecule has 0 aromatic carbocycles. The number of aromatic nitrogens is 1. The van der Waals surface area contributed by atoms with E-state index in [4.69, 9.17) is 10.5 Å². The van der Waals surface area contributed by atoms with E-state index in [2.05, 4.69) is 4.98 Å². The molecule has 1 atom stereocenters. The van der Waals surface area contributed by atoms with E-state index in [0.717, 1.165) is 19.4 Å². The van der Waals surface area contributed by atoms with Crippen LogP contribution in [-0.2, 0) is 9.53 Å². The van der Waals surface area contributed by atoms with Crippen LogP contribution in [0.15, 0.2) is 18.3 Å². The van der Waals surface area contributed by atoms with Crippen LogP contribution in [0.3, 0.4) is 0 Å². The van der Waals surface area contributed by atoms with E-state index in [1.165, 1.54) is 7.11 Å². The Labute approximate surface area is 111 Å². The fourth-order valence-corrected chi connectivity index (χ4v) is 2.37. The van der Waals surface area contributed by atoms with E-state index in [1.54, 1.807) is 18.3 Å². The first-order chi connectivity index (χ1) is 9.13. The van der Waals surface area contributed by atoms with Crippen LogP contribution in [0, 0.1) is 5.92 Å². The van der Waals surface area contributed by atoms with Gasteiger partial charge in [-0.2, -0.15) is 0 Å². The molecular formula is C13H17N3O3. The summed E-state index contributed by atoms with van der Waals surface area (Å²) in [6.07, 6.45) is 3.26. The molecule has 19 heavy (non-hydrogen) atoms. The van der Waals surface area contributed by atoms with Gasteiger partial charge in [0.1, 0.15) is 5.82 Å². The molecular weight excluding hydrogens is 246 g/mol. The summed E-state index contributed by atoms with van der Waals surface area (Å²) >= 11 is 0. The van der Waals surface area contributed by atoms with E-state index >= 15 is 0 Å². The molecule has 6 nitrogen and oxygen atoms in total. The molecule has 1 amide bonds. The van der Waals surface area contributed by atoms with Crippen molar-refractivity contribution in [3.63, 3.8) is 0 Å². The molecule has 2 rings (SSSR count). The van der Waals surface area contributed by atoms with Crippen molar-refractivity contribution in [1.29, 1.82) is 0 Å². The highest BCUT2D eigenvalue weighted by molar-refractivity contribution is 5.97. The third-order valence-corrected chi connectivity index (χ3v) is 3.31. The van der Waals surface area contributed by atoms with Gasteiger partial charge in [-0.25, -0.2) is 4.98 Å². The number of rotatable bonds is 3. The van der Waals surface area contributed by atoms with Crippen LogP contribution in [0.5, 0.6) is 0 Å². The van der Waals surface area contributed by atoms with Crippen molar-refractivity contribution in [3.8, 4) is 0 Å². The van der Waals surface area contributed by atoms with Crippen molar-refractivity contribution in [1.82, 2.24) is 4.98 Å². The van der Waals surface area contributed by atoms with Gasteiger partial charge in [0.05, 0.1) is 18.6 Å². The van der Waals surface area contributed by atoms with E-state index in [9.17, 15) is 9.59 Å². The number of ether oxygens (including phenoxy) is 1. The normalized spacial score (nSPS) is 19.0. The second kappa shape index (κ2) is 5.69. The van der Waals surface area contributed by atoms with Crippen molar-refractivity contribution < 1.29 is 14.3 Å². The Morgan fingerprint density at radius 3 is 3.00 bits per heavy atom. The smallest absolute Gasteiger partial charge is 0.310 e. The monoisotopic (exact) mass is 263 g/mol. The number of carbonyl (C=O) groups is 2. The molecule has 0 bridgehead atoms. The minimum absolute atomic E-state index is 0.179. The number of nitrogens with two attached hydrogens (primary N) is 1. The van der Waals surface area contributed by atoms with Crippen LogP contribution >= 0.6 is 0 Å². The zero-order chi connectivity index (χ0) is 13.8. The molecule has 2 heterocycles. The van der Waals surface area contributed by atoms with Gasteiger partial charge in [-0.1, -0.05) is 0 Å². The maximum atomic E-state index is 11.6. The van der Waals surface area contributed by atoms with Crippen LogP contribution in [0.2, 0.25) is 0 Å². The van der Waals surface area contributed by atoms with Crippen LogP contribution in [0.25, 0.3) is 0 Å². The predicted octanol–water partition coefficient (Wildman–Crippen LogP) is 0.570. The molecule has 1 aliphatic heterocycles. The standard InChI is InChI=1S/C13H17N3O3/c1-19-13(18)9-4-3-7-16(8-9)12-10(11(14)17)5-2-6-15-12/h2,5-6,9H,3-4,7-8H2,1H3,(H2,14,17). The van der Waals surface area contributed by atoms with Gasteiger partial charge in [0, 0.05) is 19.3 Å². The number of primary amides is 1. The minimum atomic E-state index is -0.511. The summed E-state index contributed by atoms with van der Waals surface area (Å²) in [5.41, 5.74) is 5.73. The van der Waals surface area contributed by atoms with Gasteiger partial charge in [0.15, 0.2) is 0 Å². The summed E-state index contributed by atoms with van der Waals surface area (Å²) in [6.45, 7) is 1.26. The fraction of sp³-hybridized carbons (Fsp3) is 0.462. The summed E-state index contributed by atoms with van der Waals surface area (Å²) in [6, 6.07) is 3.32. The number of esters is 1. The highest BCUT2D eigenvalue weighted by Gasteiger charge is 2.28. The van der Waals surface area contributed by atoms with Gasteiger partial charge in [-0.15, -0.1) is 0 Å². The van der Waals surface area contributed by atoms with Gasteiger partial charge >= 0.3 is 5.97 Å². The zero-order valence-electron chi connectivity index (χ0n) is 10.8. The average molecular weight is 263 g/mol. The lowest BCUT2D eigenvalue weighted by Crippen LogP contribution is -2.40. The highest BCUT2D eigenvalue weighted by atomic mass is 16.5. The van der Waals surface area contributed by atoms with Crippen LogP contribution < -0.4 is 10.6 Å². The molecule has 1 aromatic heterocycles. The van der Waals surface area contributed by atoms with Crippen molar-refractivity contribution in [3.05, 3.63) is 23.9 Å². The minimum Gasteiger partial charge on any atom is -0.469 e. The second-order valence-electron chi connectivity index (χ2n) is 4.55. The van der Waals surface area contributed by atoms with Gasteiger partial charge in [0.25, 0.3) is 5.91 Å². The molecule has 1 unspecified atom stereocenters. The Morgan fingerprint density at radius 1 is 1.53 bits per heavy atom. The maximum absolute atomic E-state index is 11.6. The quantitative estimate of drug-likeness (QED) is 0.806. The van der Waals surface area contributed by atoms with Gasteiger partial charge in [-0.05, 0) is 25.0 Å². The lowest BCUT2D eigenvalue weighted by Gasteiger charge is -2.32. The number of piperidine rings is 1. The van der Waals surface area contributed by atoms with Crippen LogP contribution in [-0.4, -0.2) is 37.1 Å². The molecule has 0 saturated carbocycles. The second-order valence-corrected chi connectivity index (χ2v) is 4.55. The Hall–Kier alpha value is -2.11. The number of hydrogen-bond acceptors (Lipinski definition) is 5. The number of hydrogen-bond donors (Lipinski definition) is 1. The maximum Gasteiger partial charge on any atom is 0.310 e. The Morgan fingerprint density at radius 2 is 2.32 bits per heavy atom. The lowest BCUT2D eigenvalue weighted by atomic mass is 9.98. The third kappa shape index (κ3) is 2.83. The van der Waals surface area contributed by atoms with Crippen molar-refractivity contribution >= 4 is 17.7 Å². The lowest BCUT2D eigenvalue weighted by molar-refractivity contribution is -0.145. The zero-order valence-corrected chi connectivity index (χ0v) is 10.8. The number of carbonyl (C=O) groups excluding carboxylic acids is 2. The van der Waals surface area contributed by atoms with Gasteiger partial charge in [0.2, 0.25) is 0 Å². The van der Waals surface area contributed by atoms with Crippen LogP contribution in [0.4, 0.5) is 5.82 Å². The van der Waals surface area contributed by atoms with Crippen molar-refractivity contribution in [2.45, 2.75) is 12.8 Å². The summed E-state index contributed by atoms with van der Waals surface area (Å²) in [5, 5.41) is 0. The molecule has 1 saturated heterocycles. The van der Waals surface area contributed by atoms with E-state index in [1.807, 2.05) is 4.90 Å². The van der Waals surface area contributed by atoms with Gasteiger partial charge in [-0.3, -0.25) is 9.59 Å². The highest BCUT2D eigenvalue weighted by Crippen LogP contribution is 2.24. The SMILES string of the molecule is COC(=O)C1CCCN(c2ncccc2C(N)=O)C1. The third-order valence-electron chi connectivity index (χ3n) is 3.31. The topological polar surface area (TPSA) is 85.5 Å². The first-order valence-electron chi connectivity index (χ1n) is 6.21.